The fourth-order valence-corrected chi connectivity index (χ4v) is 1.74. The molecule has 0 fully saturated rings. The zero-order chi connectivity index (χ0) is 13.7. The van der Waals surface area contributed by atoms with Crippen LogP contribution in [0.1, 0.15) is 6.92 Å². The van der Waals surface area contributed by atoms with E-state index in [1.807, 2.05) is 36.4 Å². The zero-order valence-corrected chi connectivity index (χ0v) is 10.6. The van der Waals surface area contributed by atoms with Crippen LogP contribution in [0.25, 0.3) is 10.8 Å². The fourth-order valence-electron chi connectivity index (χ4n) is 1.74. The van der Waals surface area contributed by atoms with Crippen molar-refractivity contribution in [1.29, 1.82) is 0 Å². The van der Waals surface area contributed by atoms with Crippen molar-refractivity contribution in [3.05, 3.63) is 42.5 Å². The van der Waals surface area contributed by atoms with Gasteiger partial charge >= 0.3 is 5.97 Å². The third kappa shape index (κ3) is 3.10. The molecule has 0 spiro atoms. The Hall–Kier alpha value is -2.36. The van der Waals surface area contributed by atoms with E-state index in [1.165, 1.54) is 0 Å². The van der Waals surface area contributed by atoms with Gasteiger partial charge in [-0.25, -0.2) is 4.79 Å². The van der Waals surface area contributed by atoms with Crippen LogP contribution in [0.4, 0.5) is 0 Å². The molecule has 0 heterocycles. The predicted molar refractivity (Wildman–Crippen MR) is 71.1 cm³/mol. The maximum Gasteiger partial charge on any atom is 0.378 e. The molecule has 98 valence electrons. The van der Waals surface area contributed by atoms with E-state index in [4.69, 9.17) is 4.74 Å². The van der Waals surface area contributed by atoms with Gasteiger partial charge in [0.1, 0.15) is 5.75 Å². The van der Waals surface area contributed by atoms with E-state index >= 15 is 0 Å². The Morgan fingerprint density at radius 2 is 1.79 bits per heavy atom. The Labute approximate surface area is 110 Å². The first-order valence-electron chi connectivity index (χ1n) is 6.03. The lowest BCUT2D eigenvalue weighted by atomic mass is 10.1. The summed E-state index contributed by atoms with van der Waals surface area (Å²) in [5, 5.41) is 1.92. The van der Waals surface area contributed by atoms with Gasteiger partial charge in [0.2, 0.25) is 0 Å². The molecule has 0 aliphatic heterocycles. The van der Waals surface area contributed by atoms with Crippen molar-refractivity contribution in [2.24, 2.45) is 0 Å². The lowest BCUT2D eigenvalue weighted by Gasteiger charge is -2.08. The van der Waals surface area contributed by atoms with E-state index in [-0.39, 0.29) is 13.2 Å². The number of benzene rings is 2. The van der Waals surface area contributed by atoms with Crippen molar-refractivity contribution in [2.75, 3.05) is 13.2 Å². The molecule has 19 heavy (non-hydrogen) atoms. The monoisotopic (exact) mass is 258 g/mol. The van der Waals surface area contributed by atoms with Crippen molar-refractivity contribution in [3.63, 3.8) is 0 Å². The molecule has 4 heteroatoms. The molecule has 0 aliphatic carbocycles. The van der Waals surface area contributed by atoms with Gasteiger partial charge in [-0.1, -0.05) is 36.4 Å². The van der Waals surface area contributed by atoms with Crippen molar-refractivity contribution in [2.45, 2.75) is 6.92 Å². The van der Waals surface area contributed by atoms with E-state index in [1.54, 1.807) is 13.0 Å². The summed E-state index contributed by atoms with van der Waals surface area (Å²) in [6.07, 6.45) is 0. The van der Waals surface area contributed by atoms with Crippen LogP contribution >= 0.6 is 0 Å². The van der Waals surface area contributed by atoms with E-state index in [2.05, 4.69) is 4.74 Å². The molecule has 0 atom stereocenters. The highest BCUT2D eigenvalue weighted by Gasteiger charge is 2.15. The first-order chi connectivity index (χ1) is 9.22. The minimum absolute atomic E-state index is 0.179. The summed E-state index contributed by atoms with van der Waals surface area (Å²) in [4.78, 5) is 22.6. The summed E-state index contributed by atoms with van der Waals surface area (Å²) in [6, 6.07) is 13.2. The summed E-state index contributed by atoms with van der Waals surface area (Å²) < 4.78 is 10.0. The summed E-state index contributed by atoms with van der Waals surface area (Å²) in [7, 11) is 0. The molecular weight excluding hydrogens is 244 g/mol. The average molecular weight is 258 g/mol. The third-order valence-electron chi connectivity index (χ3n) is 2.61. The summed E-state index contributed by atoms with van der Waals surface area (Å²) in [5.41, 5.74) is 0. The first kappa shape index (κ1) is 13.1. The van der Waals surface area contributed by atoms with Crippen LogP contribution in [-0.4, -0.2) is 25.0 Å². The molecule has 0 aromatic heterocycles. The Kier molecular flexibility index (Phi) is 4.13. The standard InChI is InChI=1S/C15H14O4/c1-2-18-15(17)13(16)10-19-14-9-5-7-11-6-3-4-8-12(11)14/h3-9H,2,10H2,1H3. The number of hydrogen-bond donors (Lipinski definition) is 0. The molecule has 0 aliphatic rings. The quantitative estimate of drug-likeness (QED) is 0.610. The van der Waals surface area contributed by atoms with Gasteiger partial charge < -0.3 is 9.47 Å². The van der Waals surface area contributed by atoms with Gasteiger partial charge in [0.15, 0.2) is 6.61 Å². The number of carbonyl (C=O) groups is 2. The van der Waals surface area contributed by atoms with Crippen LogP contribution in [0.3, 0.4) is 0 Å². The molecule has 0 bridgehead atoms. The van der Waals surface area contributed by atoms with Crippen LogP contribution in [0.5, 0.6) is 5.75 Å². The Morgan fingerprint density at radius 1 is 1.05 bits per heavy atom. The van der Waals surface area contributed by atoms with Crippen molar-refractivity contribution in [3.8, 4) is 5.75 Å². The maximum atomic E-state index is 11.4. The molecule has 2 aromatic carbocycles. The van der Waals surface area contributed by atoms with Gasteiger partial charge in [-0.15, -0.1) is 0 Å². The second-order valence-corrected chi connectivity index (χ2v) is 3.91. The molecule has 0 saturated heterocycles. The van der Waals surface area contributed by atoms with E-state index in [0.29, 0.717) is 5.75 Å². The summed E-state index contributed by atoms with van der Waals surface area (Å²) >= 11 is 0. The Balaban J connectivity index is 2.10. The number of ether oxygens (including phenoxy) is 2. The van der Waals surface area contributed by atoms with E-state index < -0.39 is 11.8 Å². The van der Waals surface area contributed by atoms with Gasteiger partial charge in [-0.05, 0) is 18.4 Å². The smallest absolute Gasteiger partial charge is 0.378 e. The van der Waals surface area contributed by atoms with Crippen LogP contribution in [0.15, 0.2) is 42.5 Å². The summed E-state index contributed by atoms with van der Waals surface area (Å²) in [6.45, 7) is 1.52. The second kappa shape index (κ2) is 6.00. The molecule has 0 unspecified atom stereocenters. The van der Waals surface area contributed by atoms with Crippen LogP contribution in [-0.2, 0) is 14.3 Å². The van der Waals surface area contributed by atoms with Gasteiger partial charge in [0.25, 0.3) is 5.78 Å². The highest BCUT2D eigenvalue weighted by molar-refractivity contribution is 6.34. The van der Waals surface area contributed by atoms with Gasteiger partial charge in [0, 0.05) is 5.39 Å². The molecule has 0 N–H and O–H groups in total. The number of esters is 1. The summed E-state index contributed by atoms with van der Waals surface area (Å²) in [5.74, 6) is -0.965. The minimum Gasteiger partial charge on any atom is -0.485 e. The first-order valence-corrected chi connectivity index (χ1v) is 6.03. The van der Waals surface area contributed by atoms with E-state index in [9.17, 15) is 9.59 Å². The van der Waals surface area contributed by atoms with Crippen LogP contribution < -0.4 is 4.74 Å². The molecule has 4 nitrogen and oxygen atoms in total. The second-order valence-electron chi connectivity index (χ2n) is 3.91. The molecule has 2 rings (SSSR count). The molecule has 0 saturated carbocycles. The van der Waals surface area contributed by atoms with Gasteiger partial charge in [0.05, 0.1) is 6.61 Å². The Morgan fingerprint density at radius 3 is 2.58 bits per heavy atom. The van der Waals surface area contributed by atoms with Crippen LogP contribution in [0, 0.1) is 0 Å². The van der Waals surface area contributed by atoms with Crippen molar-refractivity contribution in [1.82, 2.24) is 0 Å². The number of fused-ring (bicyclic) bond motifs is 1. The minimum atomic E-state index is -0.859. The zero-order valence-electron chi connectivity index (χ0n) is 10.6. The van der Waals surface area contributed by atoms with Crippen molar-refractivity contribution < 1.29 is 19.1 Å². The van der Waals surface area contributed by atoms with Gasteiger partial charge in [-0.2, -0.15) is 0 Å². The highest BCUT2D eigenvalue weighted by Crippen LogP contribution is 2.24. The number of carbonyl (C=O) groups excluding carboxylic acids is 2. The molecule has 0 radical (unpaired) electrons. The number of ketones is 1. The largest absolute Gasteiger partial charge is 0.485 e. The highest BCUT2D eigenvalue weighted by atomic mass is 16.5. The molecular formula is C15H14O4. The molecule has 0 amide bonds. The molecule has 2 aromatic rings. The average Bonchev–Trinajstić information content (AvgIpc) is 2.45. The normalized spacial score (nSPS) is 10.2. The number of hydrogen-bond acceptors (Lipinski definition) is 4. The Bertz CT molecular complexity index is 599. The lowest BCUT2D eigenvalue weighted by Crippen LogP contribution is -2.23. The predicted octanol–water partition coefficient (Wildman–Crippen LogP) is 2.35. The topological polar surface area (TPSA) is 52.6 Å². The van der Waals surface area contributed by atoms with Gasteiger partial charge in [-0.3, -0.25) is 4.79 Å². The fraction of sp³-hybridized carbons (Fsp3) is 0.200. The number of Topliss-reactive ketones (excluding diaryl/α,β-unsaturated/α-hetero) is 1. The SMILES string of the molecule is CCOC(=O)C(=O)COc1cccc2ccccc12. The number of rotatable bonds is 5. The van der Waals surface area contributed by atoms with Crippen molar-refractivity contribution >= 4 is 22.5 Å². The lowest BCUT2D eigenvalue weighted by molar-refractivity contribution is -0.154. The third-order valence-corrected chi connectivity index (χ3v) is 2.61. The maximum absolute atomic E-state index is 11.4. The van der Waals surface area contributed by atoms with Crippen LogP contribution in [0.2, 0.25) is 0 Å². The van der Waals surface area contributed by atoms with E-state index in [0.717, 1.165) is 10.8 Å².